The van der Waals surface area contributed by atoms with E-state index in [1.165, 1.54) is 6.92 Å². The first-order valence-corrected chi connectivity index (χ1v) is 3.45. The van der Waals surface area contributed by atoms with Crippen LogP contribution in [0.15, 0.2) is 4.99 Å². The van der Waals surface area contributed by atoms with E-state index < -0.39 is 0 Å². The maximum atomic E-state index is 10.3. The van der Waals surface area contributed by atoms with Crippen LogP contribution < -0.4 is 0 Å². The molecule has 0 atom stereocenters. The minimum atomic E-state index is -0.121. The van der Waals surface area contributed by atoms with Crippen LogP contribution >= 0.6 is 0 Å². The third-order valence-corrected chi connectivity index (χ3v) is 0.977. The van der Waals surface area contributed by atoms with Crippen LogP contribution in [0.4, 0.5) is 0 Å². The third kappa shape index (κ3) is 7.34. The summed E-state index contributed by atoms with van der Waals surface area (Å²) in [6.07, 6.45) is 2.54. The van der Waals surface area contributed by atoms with E-state index >= 15 is 0 Å². The van der Waals surface area contributed by atoms with Gasteiger partial charge in [-0.2, -0.15) is 0 Å². The Balaban J connectivity index is 3.64. The molecule has 10 heavy (non-hydrogen) atoms. The summed E-state index contributed by atoms with van der Waals surface area (Å²) in [7, 11) is 0. The van der Waals surface area contributed by atoms with Gasteiger partial charge in [-0.25, -0.2) is 4.99 Å². The highest BCUT2D eigenvalue weighted by Gasteiger charge is 2.06. The predicted octanol–water partition coefficient (Wildman–Crippen LogP) is 2.04. The van der Waals surface area contributed by atoms with Gasteiger partial charge >= 0.3 is 0 Å². The van der Waals surface area contributed by atoms with E-state index in [2.05, 4.69) is 25.8 Å². The maximum absolute atomic E-state index is 10.3. The van der Waals surface area contributed by atoms with Crippen LogP contribution in [0.5, 0.6) is 0 Å². The van der Waals surface area contributed by atoms with Crippen molar-refractivity contribution in [1.29, 1.82) is 0 Å². The van der Waals surface area contributed by atoms with Gasteiger partial charge in [-0.05, 0) is 11.8 Å². The van der Waals surface area contributed by atoms with Crippen molar-refractivity contribution in [1.82, 2.24) is 0 Å². The molecule has 2 nitrogen and oxygen atoms in total. The number of aliphatic imine (C=N–C) groups is 1. The molecule has 0 aliphatic carbocycles. The lowest BCUT2D eigenvalue weighted by Crippen LogP contribution is -2.05. The molecular formula is C8H15NO. The quantitative estimate of drug-likeness (QED) is 0.514. The van der Waals surface area contributed by atoms with Crippen LogP contribution in [-0.4, -0.2) is 12.1 Å². The van der Waals surface area contributed by atoms with Crippen LogP contribution in [0.25, 0.3) is 0 Å². The molecule has 58 valence electrons. The van der Waals surface area contributed by atoms with E-state index in [4.69, 9.17) is 0 Å². The van der Waals surface area contributed by atoms with Crippen LogP contribution in [0.1, 0.15) is 34.1 Å². The van der Waals surface area contributed by atoms with E-state index in [-0.39, 0.29) is 11.3 Å². The lowest BCUT2D eigenvalue weighted by atomic mass is 9.93. The number of hydrogen-bond acceptors (Lipinski definition) is 1. The van der Waals surface area contributed by atoms with Gasteiger partial charge in [-0.1, -0.05) is 20.8 Å². The summed E-state index contributed by atoms with van der Waals surface area (Å²) in [6.45, 7) is 7.79. The summed E-state index contributed by atoms with van der Waals surface area (Å²) >= 11 is 0. The van der Waals surface area contributed by atoms with E-state index in [1.54, 1.807) is 6.21 Å². The summed E-state index contributed by atoms with van der Waals surface area (Å²) in [6, 6.07) is 0. The highest BCUT2D eigenvalue weighted by Crippen LogP contribution is 2.15. The number of hydrogen-bond donors (Lipinski definition) is 0. The number of rotatable bonds is 1. The van der Waals surface area contributed by atoms with Gasteiger partial charge in [0.1, 0.15) is 0 Å². The Labute approximate surface area is 62.4 Å². The highest BCUT2D eigenvalue weighted by atomic mass is 16.1. The molecule has 0 aromatic rings. The molecule has 0 bridgehead atoms. The van der Waals surface area contributed by atoms with Gasteiger partial charge in [0.25, 0.3) is 0 Å². The second-order valence-corrected chi connectivity index (χ2v) is 3.60. The summed E-state index contributed by atoms with van der Waals surface area (Å²) in [5, 5.41) is 0. The normalized spacial score (nSPS) is 12.4. The monoisotopic (exact) mass is 141 g/mol. The highest BCUT2D eigenvalue weighted by molar-refractivity contribution is 5.82. The molecule has 0 unspecified atom stereocenters. The third-order valence-electron chi connectivity index (χ3n) is 0.977. The van der Waals surface area contributed by atoms with Crippen LogP contribution in [0.2, 0.25) is 0 Å². The Bertz CT molecular complexity index is 142. The molecule has 0 aromatic carbocycles. The smallest absolute Gasteiger partial charge is 0.242 e. The zero-order valence-corrected chi connectivity index (χ0v) is 7.14. The average Bonchev–Trinajstić information content (AvgIpc) is 1.59. The molecular weight excluding hydrogens is 126 g/mol. The molecule has 0 heterocycles. The second-order valence-electron chi connectivity index (χ2n) is 3.60. The van der Waals surface area contributed by atoms with Gasteiger partial charge in [0.15, 0.2) is 0 Å². The Kier molecular flexibility index (Phi) is 3.26. The van der Waals surface area contributed by atoms with Crippen molar-refractivity contribution in [3.63, 3.8) is 0 Å². The Morgan fingerprint density at radius 2 is 2.00 bits per heavy atom. The van der Waals surface area contributed by atoms with Crippen LogP contribution in [0.3, 0.4) is 0 Å². The maximum Gasteiger partial charge on any atom is 0.242 e. The molecule has 0 radical (unpaired) electrons. The van der Waals surface area contributed by atoms with E-state index in [0.29, 0.717) is 0 Å². The Morgan fingerprint density at radius 1 is 1.50 bits per heavy atom. The first-order chi connectivity index (χ1) is 4.42. The van der Waals surface area contributed by atoms with Crippen LogP contribution in [-0.2, 0) is 4.79 Å². The summed E-state index contributed by atoms with van der Waals surface area (Å²) in [5.74, 6) is -0.121. The van der Waals surface area contributed by atoms with Crippen molar-refractivity contribution >= 4 is 12.1 Å². The number of carbonyl (C=O) groups excluding carboxylic acids is 1. The molecule has 0 aliphatic heterocycles. The fourth-order valence-corrected chi connectivity index (χ4v) is 0.448. The van der Waals surface area contributed by atoms with E-state index in [9.17, 15) is 4.79 Å². The molecule has 0 saturated heterocycles. The second kappa shape index (κ2) is 3.49. The molecule has 0 fully saturated rings. The first kappa shape index (κ1) is 9.34. The fourth-order valence-electron chi connectivity index (χ4n) is 0.448. The lowest BCUT2D eigenvalue weighted by molar-refractivity contribution is -0.115. The number of nitrogens with zero attached hydrogens (tertiary/aromatic N) is 1. The molecule has 1 amide bonds. The number of amides is 1. The van der Waals surface area contributed by atoms with Gasteiger partial charge in [-0.15, -0.1) is 0 Å². The average molecular weight is 141 g/mol. The van der Waals surface area contributed by atoms with E-state index in [0.717, 1.165) is 6.42 Å². The summed E-state index contributed by atoms with van der Waals surface area (Å²) < 4.78 is 0. The zero-order chi connectivity index (χ0) is 8.20. The molecule has 0 saturated carbocycles. The Hall–Kier alpha value is -0.660. The van der Waals surface area contributed by atoms with Gasteiger partial charge in [-0.3, -0.25) is 4.79 Å². The van der Waals surface area contributed by atoms with E-state index in [1.807, 2.05) is 0 Å². The van der Waals surface area contributed by atoms with Crippen molar-refractivity contribution in [2.24, 2.45) is 10.4 Å². The largest absolute Gasteiger partial charge is 0.273 e. The van der Waals surface area contributed by atoms with Gasteiger partial charge in [0.2, 0.25) is 5.91 Å². The summed E-state index contributed by atoms with van der Waals surface area (Å²) in [5.41, 5.74) is 0.235. The SMILES string of the molecule is CC(=O)/N=C/CC(C)(C)C. The lowest BCUT2D eigenvalue weighted by Gasteiger charge is -2.13. The minimum Gasteiger partial charge on any atom is -0.273 e. The molecule has 0 rings (SSSR count). The molecule has 0 aliphatic rings. The first-order valence-electron chi connectivity index (χ1n) is 3.45. The Morgan fingerprint density at radius 3 is 2.30 bits per heavy atom. The zero-order valence-electron chi connectivity index (χ0n) is 7.14. The standard InChI is InChI=1S/C8H15NO/c1-7(10)9-6-5-8(2,3)4/h6H,5H2,1-4H3/b9-6+. The van der Waals surface area contributed by atoms with Crippen molar-refractivity contribution in [3.8, 4) is 0 Å². The summed E-state index contributed by atoms with van der Waals surface area (Å²) in [4.78, 5) is 14.0. The minimum absolute atomic E-state index is 0.121. The van der Waals surface area contributed by atoms with Gasteiger partial charge in [0.05, 0.1) is 0 Å². The molecule has 0 spiro atoms. The van der Waals surface area contributed by atoms with Crippen molar-refractivity contribution in [2.45, 2.75) is 34.1 Å². The predicted molar refractivity (Wildman–Crippen MR) is 43.2 cm³/mol. The van der Waals surface area contributed by atoms with Gasteiger partial charge in [0, 0.05) is 13.1 Å². The topological polar surface area (TPSA) is 29.4 Å². The molecule has 0 aromatic heterocycles. The van der Waals surface area contributed by atoms with Gasteiger partial charge < -0.3 is 0 Å². The van der Waals surface area contributed by atoms with Crippen molar-refractivity contribution in [2.75, 3.05) is 0 Å². The number of carbonyl (C=O) groups is 1. The molecule has 2 heteroatoms. The van der Waals surface area contributed by atoms with Crippen LogP contribution in [0, 0.1) is 5.41 Å². The molecule has 0 N–H and O–H groups in total. The fraction of sp³-hybridized carbons (Fsp3) is 0.750. The van der Waals surface area contributed by atoms with Crippen molar-refractivity contribution < 1.29 is 4.79 Å². The van der Waals surface area contributed by atoms with Crippen molar-refractivity contribution in [3.05, 3.63) is 0 Å².